The van der Waals surface area contributed by atoms with Crippen LogP contribution in [-0.4, -0.2) is 55.3 Å². The first-order chi connectivity index (χ1) is 22.1. The second-order valence-electron chi connectivity index (χ2n) is 12.5. The zero-order chi connectivity index (χ0) is 32.4. The average Bonchev–Trinajstić information content (AvgIpc) is 3.85. The molecule has 6 rings (SSSR count). The summed E-state index contributed by atoms with van der Waals surface area (Å²) < 4.78 is 7.13. The van der Waals surface area contributed by atoms with E-state index in [4.69, 9.17) is 4.74 Å². The number of likely N-dealkylation sites (tertiary alicyclic amines) is 1. The number of aromatic nitrogens is 3. The molecule has 1 amide bonds. The molecule has 0 aromatic carbocycles. The van der Waals surface area contributed by atoms with Gasteiger partial charge in [0.15, 0.2) is 0 Å². The second kappa shape index (κ2) is 13.8. The average molecular weight is 695 g/mol. The molecule has 0 aliphatic carbocycles. The molecule has 5 aromatic heterocycles. The molecule has 2 atom stereocenters. The Morgan fingerprint density at radius 3 is 2.00 bits per heavy atom. The van der Waals surface area contributed by atoms with Crippen LogP contribution in [0.4, 0.5) is 4.79 Å². The van der Waals surface area contributed by atoms with Gasteiger partial charge in [-0.2, -0.15) is 0 Å². The minimum absolute atomic E-state index is 0.194. The van der Waals surface area contributed by atoms with Crippen molar-refractivity contribution in [3.8, 4) is 39.8 Å². The minimum Gasteiger partial charge on any atom is -0.480 e. The smallest absolute Gasteiger partial charge is 0.411 e. The molecule has 242 valence electrons. The van der Waals surface area contributed by atoms with Crippen LogP contribution in [0.2, 0.25) is 0 Å². The number of rotatable bonds is 11. The van der Waals surface area contributed by atoms with E-state index in [1.165, 1.54) is 66.3 Å². The zero-order valence-electron chi connectivity index (χ0n) is 26.4. The van der Waals surface area contributed by atoms with Gasteiger partial charge in [-0.05, 0) is 82.1 Å². The highest BCUT2D eigenvalue weighted by molar-refractivity contribution is 7.29. The molecule has 6 heterocycles. The summed E-state index contributed by atoms with van der Waals surface area (Å²) in [5.41, 5.74) is 0.00643. The third-order valence-electron chi connectivity index (χ3n) is 7.81. The van der Waals surface area contributed by atoms with Crippen LogP contribution in [0.3, 0.4) is 0 Å². The Balaban J connectivity index is 1.11. The Morgan fingerprint density at radius 2 is 1.41 bits per heavy atom. The molecule has 0 spiro atoms. The molecule has 0 radical (unpaired) electrons. The molecular formula is C34H38N4O4S4. The predicted octanol–water partition coefficient (Wildman–Crippen LogP) is 9.95. The Hall–Kier alpha value is -3.32. The first-order valence-electron chi connectivity index (χ1n) is 15.6. The summed E-state index contributed by atoms with van der Waals surface area (Å²) in [6, 6.07) is 16.3. The molecule has 12 heteroatoms. The third-order valence-corrected chi connectivity index (χ3v) is 12.8. The van der Waals surface area contributed by atoms with Gasteiger partial charge in [0, 0.05) is 47.1 Å². The standard InChI is InChI=1S/C34H38N4O4S4/c1-5-6-7-8-9-22-10-11-26(43-22)27-14-15-30(45-27)31-17-16-29(46-31)28-13-12-25(44-28)23-20-38(36-35-23)21-18-24(32(39)40)37(19-21)33(41)42-34(2,3)4/h10-17,20-21,24H,5-9,18-19H2,1-4H3,(H,39,40)/t21-,24-/m1/s1. The van der Waals surface area contributed by atoms with Gasteiger partial charge in [-0.1, -0.05) is 31.4 Å². The fraction of sp³-hybridized carbons (Fsp3) is 0.412. The third kappa shape index (κ3) is 7.46. The largest absolute Gasteiger partial charge is 0.480 e. The number of unbranched alkanes of at least 4 members (excludes halogenated alkanes) is 3. The number of carbonyl (C=O) groups is 2. The quantitative estimate of drug-likeness (QED) is 0.138. The van der Waals surface area contributed by atoms with E-state index in [1.54, 1.807) is 48.1 Å². The van der Waals surface area contributed by atoms with Gasteiger partial charge in [-0.25, -0.2) is 14.3 Å². The number of carboxylic acid groups (broad SMARTS) is 1. The van der Waals surface area contributed by atoms with Gasteiger partial charge in [0.2, 0.25) is 0 Å². The molecule has 1 N–H and O–H groups in total. The van der Waals surface area contributed by atoms with Crippen molar-refractivity contribution in [2.45, 2.75) is 83.9 Å². The number of carboxylic acids is 1. The second-order valence-corrected chi connectivity index (χ2v) is 16.9. The van der Waals surface area contributed by atoms with E-state index >= 15 is 0 Å². The van der Waals surface area contributed by atoms with Gasteiger partial charge >= 0.3 is 12.1 Å². The fourth-order valence-electron chi connectivity index (χ4n) is 5.51. The number of carbonyl (C=O) groups excluding carboxylic acids is 1. The molecule has 46 heavy (non-hydrogen) atoms. The van der Waals surface area contributed by atoms with Crippen LogP contribution in [0.1, 0.15) is 70.7 Å². The summed E-state index contributed by atoms with van der Waals surface area (Å²) >= 11 is 7.22. The van der Waals surface area contributed by atoms with E-state index in [1.807, 2.05) is 28.9 Å². The van der Waals surface area contributed by atoms with Crippen molar-refractivity contribution in [1.29, 1.82) is 0 Å². The zero-order valence-corrected chi connectivity index (χ0v) is 29.7. The molecule has 1 saturated heterocycles. The monoisotopic (exact) mass is 694 g/mol. The van der Waals surface area contributed by atoms with E-state index < -0.39 is 23.7 Å². The summed E-state index contributed by atoms with van der Waals surface area (Å²) in [5.74, 6) is -1.06. The number of hydrogen-bond acceptors (Lipinski definition) is 9. The molecule has 0 unspecified atom stereocenters. The predicted molar refractivity (Wildman–Crippen MR) is 189 cm³/mol. The van der Waals surface area contributed by atoms with E-state index in [0.717, 1.165) is 15.4 Å². The lowest BCUT2D eigenvalue weighted by Gasteiger charge is -2.26. The molecule has 1 fully saturated rings. The Labute approximate surface area is 285 Å². The van der Waals surface area contributed by atoms with Gasteiger partial charge in [0.05, 0.1) is 17.1 Å². The molecule has 5 aromatic rings. The van der Waals surface area contributed by atoms with Crippen molar-refractivity contribution in [3.05, 3.63) is 59.6 Å². The number of aliphatic carboxylic acids is 1. The summed E-state index contributed by atoms with van der Waals surface area (Å²) in [6.45, 7) is 7.74. The maximum absolute atomic E-state index is 12.7. The summed E-state index contributed by atoms with van der Waals surface area (Å²) in [6.07, 6.45) is 7.79. The summed E-state index contributed by atoms with van der Waals surface area (Å²) in [7, 11) is 0. The lowest BCUT2D eigenvalue weighted by Crippen LogP contribution is -2.43. The lowest BCUT2D eigenvalue weighted by molar-refractivity contribution is -0.142. The highest BCUT2D eigenvalue weighted by Gasteiger charge is 2.42. The van der Waals surface area contributed by atoms with Crippen molar-refractivity contribution in [2.75, 3.05) is 6.54 Å². The van der Waals surface area contributed by atoms with Crippen LogP contribution < -0.4 is 0 Å². The maximum atomic E-state index is 12.7. The highest BCUT2D eigenvalue weighted by Crippen LogP contribution is 2.44. The van der Waals surface area contributed by atoms with Gasteiger partial charge in [0.25, 0.3) is 0 Å². The van der Waals surface area contributed by atoms with Crippen LogP contribution in [0.5, 0.6) is 0 Å². The van der Waals surface area contributed by atoms with Crippen molar-refractivity contribution < 1.29 is 19.4 Å². The molecule has 0 saturated carbocycles. The Kier molecular flexibility index (Phi) is 9.79. The number of aryl methyl sites for hydroxylation is 1. The van der Waals surface area contributed by atoms with Crippen molar-refractivity contribution in [3.63, 3.8) is 0 Å². The van der Waals surface area contributed by atoms with E-state index in [2.05, 4.69) is 65.8 Å². The van der Waals surface area contributed by atoms with Crippen LogP contribution in [-0.2, 0) is 16.0 Å². The number of hydrogen-bond donors (Lipinski definition) is 1. The first kappa shape index (κ1) is 32.6. The summed E-state index contributed by atoms with van der Waals surface area (Å²) in [4.78, 5) is 36.0. The lowest BCUT2D eigenvalue weighted by atomic mass is 10.1. The SMILES string of the molecule is CCCCCCc1ccc(-c2ccc(-c3ccc(-c4ccc(-c5cn([C@@H]6C[C@H](C(=O)O)N(C(=O)OC(C)(C)C)C6)nn5)s4)s3)s2)s1. The number of amides is 1. The van der Waals surface area contributed by atoms with Crippen LogP contribution >= 0.6 is 45.3 Å². The van der Waals surface area contributed by atoms with Gasteiger partial charge in [-0.15, -0.1) is 50.4 Å². The first-order valence-corrected chi connectivity index (χ1v) is 18.9. The molecular weight excluding hydrogens is 657 g/mol. The minimum atomic E-state index is -1.06. The Morgan fingerprint density at radius 1 is 0.848 bits per heavy atom. The molecule has 1 aliphatic heterocycles. The van der Waals surface area contributed by atoms with Crippen LogP contribution in [0.15, 0.2) is 54.7 Å². The molecule has 1 aliphatic rings. The fourth-order valence-corrected chi connectivity index (χ4v) is 9.80. The summed E-state index contributed by atoms with van der Waals surface area (Å²) in [5, 5.41) is 18.5. The number of nitrogens with zero attached hydrogens (tertiary/aromatic N) is 4. The number of thiophene rings is 4. The Bertz CT molecular complexity index is 1810. The van der Waals surface area contributed by atoms with Crippen molar-refractivity contribution in [2.24, 2.45) is 0 Å². The molecule has 0 bridgehead atoms. The maximum Gasteiger partial charge on any atom is 0.411 e. The van der Waals surface area contributed by atoms with Crippen molar-refractivity contribution >= 4 is 57.4 Å². The van der Waals surface area contributed by atoms with Gasteiger partial charge in [0.1, 0.15) is 17.3 Å². The topological polar surface area (TPSA) is 97.6 Å². The normalized spacial score (nSPS) is 16.7. The van der Waals surface area contributed by atoms with E-state index in [9.17, 15) is 14.7 Å². The van der Waals surface area contributed by atoms with Crippen LogP contribution in [0, 0.1) is 0 Å². The molecule has 8 nitrogen and oxygen atoms in total. The van der Waals surface area contributed by atoms with E-state index in [-0.39, 0.29) is 19.0 Å². The van der Waals surface area contributed by atoms with E-state index in [0.29, 0.717) is 0 Å². The van der Waals surface area contributed by atoms with Crippen LogP contribution in [0.25, 0.3) is 39.8 Å². The number of ether oxygens (including phenoxy) is 1. The van der Waals surface area contributed by atoms with Gasteiger partial charge < -0.3 is 9.84 Å². The van der Waals surface area contributed by atoms with Crippen molar-refractivity contribution in [1.82, 2.24) is 19.9 Å². The highest BCUT2D eigenvalue weighted by atomic mass is 32.1. The van der Waals surface area contributed by atoms with Gasteiger partial charge in [-0.3, -0.25) is 4.90 Å².